The van der Waals surface area contributed by atoms with Crippen LogP contribution in [0, 0.1) is 0 Å². The maximum atomic E-state index is 13.2. The quantitative estimate of drug-likeness (QED) is 0.669. The minimum atomic E-state index is -3.66. The number of nitrogens with one attached hydrogen (secondary N) is 1. The Bertz CT molecular complexity index is 1050. The van der Waals surface area contributed by atoms with Crippen LogP contribution in [-0.4, -0.2) is 60.0 Å². The molecule has 1 N–H and O–H groups in total. The summed E-state index contributed by atoms with van der Waals surface area (Å²) in [5.74, 6) is 0.939. The van der Waals surface area contributed by atoms with Gasteiger partial charge in [-0.3, -0.25) is 4.79 Å². The summed E-state index contributed by atoms with van der Waals surface area (Å²) in [6.45, 7) is 1.89. The van der Waals surface area contributed by atoms with Crippen molar-refractivity contribution in [1.82, 2.24) is 9.62 Å². The SMILES string of the molecule is COc1ccc(OC)c(CNC(=O)c2cc(S(=O)(=O)N(C)C)ccc2N2CCCC2)c1. The van der Waals surface area contributed by atoms with Crippen LogP contribution in [0.3, 0.4) is 0 Å². The molecule has 0 saturated carbocycles. The number of carbonyl (C=O) groups excluding carboxylic acids is 1. The van der Waals surface area contributed by atoms with E-state index in [0.717, 1.165) is 41.5 Å². The van der Waals surface area contributed by atoms with Crippen LogP contribution < -0.4 is 19.7 Å². The second kappa shape index (κ2) is 9.57. The van der Waals surface area contributed by atoms with Gasteiger partial charge in [0.2, 0.25) is 10.0 Å². The van der Waals surface area contributed by atoms with Gasteiger partial charge in [-0.1, -0.05) is 0 Å². The van der Waals surface area contributed by atoms with Crippen LogP contribution >= 0.6 is 0 Å². The Morgan fingerprint density at radius 2 is 1.77 bits per heavy atom. The minimum absolute atomic E-state index is 0.0876. The molecule has 0 bridgehead atoms. The Kier molecular flexibility index (Phi) is 7.07. The van der Waals surface area contributed by atoms with E-state index in [9.17, 15) is 13.2 Å². The van der Waals surface area contributed by atoms with Crippen molar-refractivity contribution in [3.8, 4) is 11.5 Å². The average Bonchev–Trinajstić information content (AvgIpc) is 3.31. The van der Waals surface area contributed by atoms with E-state index in [1.54, 1.807) is 44.6 Å². The molecule has 9 heteroatoms. The highest BCUT2D eigenvalue weighted by atomic mass is 32.2. The van der Waals surface area contributed by atoms with Crippen LogP contribution in [0.25, 0.3) is 0 Å². The molecule has 0 atom stereocenters. The fourth-order valence-electron chi connectivity index (χ4n) is 3.59. The van der Waals surface area contributed by atoms with Crippen LogP contribution in [-0.2, 0) is 16.6 Å². The highest BCUT2D eigenvalue weighted by Crippen LogP contribution is 2.29. The van der Waals surface area contributed by atoms with E-state index in [2.05, 4.69) is 10.2 Å². The Morgan fingerprint density at radius 3 is 2.39 bits per heavy atom. The second-order valence-corrected chi connectivity index (χ2v) is 9.67. The molecule has 0 spiro atoms. The number of rotatable bonds is 8. The predicted octanol–water partition coefficient (Wildman–Crippen LogP) is 2.48. The molecule has 1 heterocycles. The van der Waals surface area contributed by atoms with Gasteiger partial charge in [-0.2, -0.15) is 0 Å². The maximum absolute atomic E-state index is 13.2. The first-order chi connectivity index (χ1) is 14.8. The van der Waals surface area contributed by atoms with Crippen molar-refractivity contribution in [1.29, 1.82) is 0 Å². The number of methoxy groups -OCH3 is 2. The van der Waals surface area contributed by atoms with Gasteiger partial charge in [0.15, 0.2) is 0 Å². The van der Waals surface area contributed by atoms with Gasteiger partial charge in [0.05, 0.1) is 24.7 Å². The standard InChI is InChI=1S/C22H29N3O5S/c1-24(2)31(27,28)18-8-9-20(25-11-5-6-12-25)19(14-18)22(26)23-15-16-13-17(29-3)7-10-21(16)30-4/h7-10,13-14H,5-6,11-12,15H2,1-4H3,(H,23,26). The molecule has 8 nitrogen and oxygen atoms in total. The average molecular weight is 448 g/mol. The molecule has 3 rings (SSSR count). The highest BCUT2D eigenvalue weighted by Gasteiger charge is 2.24. The topological polar surface area (TPSA) is 88.2 Å². The van der Waals surface area contributed by atoms with Crippen molar-refractivity contribution in [2.45, 2.75) is 24.3 Å². The van der Waals surface area contributed by atoms with Gasteiger partial charge in [-0.05, 0) is 49.2 Å². The summed E-state index contributed by atoms with van der Waals surface area (Å²) in [7, 11) is 2.42. The summed E-state index contributed by atoms with van der Waals surface area (Å²) in [5.41, 5.74) is 1.84. The Labute approximate surface area is 183 Å². The van der Waals surface area contributed by atoms with Crippen LogP contribution in [0.1, 0.15) is 28.8 Å². The normalized spacial score (nSPS) is 14.0. The van der Waals surface area contributed by atoms with Crippen LogP contribution in [0.4, 0.5) is 5.69 Å². The molecule has 2 aromatic carbocycles. The number of hydrogen-bond acceptors (Lipinski definition) is 6. The van der Waals surface area contributed by atoms with Crippen molar-refractivity contribution in [2.75, 3.05) is 46.3 Å². The maximum Gasteiger partial charge on any atom is 0.253 e. The lowest BCUT2D eigenvalue weighted by Crippen LogP contribution is -2.28. The van der Waals surface area contributed by atoms with E-state index < -0.39 is 10.0 Å². The first-order valence-corrected chi connectivity index (χ1v) is 11.5. The molecule has 1 aliphatic heterocycles. The smallest absolute Gasteiger partial charge is 0.253 e. The van der Waals surface area contributed by atoms with Gasteiger partial charge in [0, 0.05) is 45.0 Å². The number of ether oxygens (including phenoxy) is 2. The number of anilines is 1. The van der Waals surface area contributed by atoms with Crippen LogP contribution in [0.5, 0.6) is 11.5 Å². The van der Waals surface area contributed by atoms with Crippen LogP contribution in [0.15, 0.2) is 41.3 Å². The third-order valence-corrected chi connectivity index (χ3v) is 7.18. The number of benzene rings is 2. The first kappa shape index (κ1) is 22.9. The molecule has 0 unspecified atom stereocenters. The fraction of sp³-hybridized carbons (Fsp3) is 0.409. The summed E-state index contributed by atoms with van der Waals surface area (Å²) < 4.78 is 37.0. The molecule has 1 aliphatic rings. The van der Waals surface area contributed by atoms with Crippen molar-refractivity contribution in [3.05, 3.63) is 47.5 Å². The molecular formula is C22H29N3O5S. The summed E-state index contributed by atoms with van der Waals surface area (Å²) in [5, 5.41) is 2.90. The molecule has 0 radical (unpaired) electrons. The fourth-order valence-corrected chi connectivity index (χ4v) is 4.52. The Hall–Kier alpha value is -2.78. The van der Waals surface area contributed by atoms with Crippen molar-refractivity contribution < 1.29 is 22.7 Å². The van der Waals surface area contributed by atoms with Gasteiger partial charge < -0.3 is 19.7 Å². The third kappa shape index (κ3) is 4.94. The lowest BCUT2D eigenvalue weighted by atomic mass is 10.1. The van der Waals surface area contributed by atoms with E-state index in [0.29, 0.717) is 17.1 Å². The predicted molar refractivity (Wildman–Crippen MR) is 119 cm³/mol. The van der Waals surface area contributed by atoms with E-state index in [1.165, 1.54) is 20.2 Å². The largest absolute Gasteiger partial charge is 0.497 e. The van der Waals surface area contributed by atoms with Gasteiger partial charge in [-0.25, -0.2) is 12.7 Å². The van der Waals surface area contributed by atoms with E-state index >= 15 is 0 Å². The summed E-state index contributed by atoms with van der Waals surface area (Å²) >= 11 is 0. The van der Waals surface area contributed by atoms with E-state index in [1.807, 2.05) is 0 Å². The third-order valence-electron chi connectivity index (χ3n) is 5.36. The van der Waals surface area contributed by atoms with Gasteiger partial charge in [0.25, 0.3) is 5.91 Å². The first-order valence-electron chi connectivity index (χ1n) is 10.1. The molecule has 0 aromatic heterocycles. The zero-order chi connectivity index (χ0) is 22.6. The van der Waals surface area contributed by atoms with Crippen LogP contribution in [0.2, 0.25) is 0 Å². The lowest BCUT2D eigenvalue weighted by molar-refractivity contribution is 0.0951. The molecule has 1 fully saturated rings. The Balaban J connectivity index is 1.93. The van der Waals surface area contributed by atoms with E-state index in [4.69, 9.17) is 9.47 Å². The Morgan fingerprint density at radius 1 is 1.06 bits per heavy atom. The van der Waals surface area contributed by atoms with E-state index in [-0.39, 0.29) is 17.3 Å². The summed E-state index contributed by atoms with van der Waals surface area (Å²) in [6.07, 6.45) is 2.08. The zero-order valence-electron chi connectivity index (χ0n) is 18.3. The zero-order valence-corrected chi connectivity index (χ0v) is 19.2. The number of amides is 1. The minimum Gasteiger partial charge on any atom is -0.497 e. The van der Waals surface area contributed by atoms with Crippen molar-refractivity contribution in [2.24, 2.45) is 0 Å². The lowest BCUT2D eigenvalue weighted by Gasteiger charge is -2.22. The number of hydrogen-bond donors (Lipinski definition) is 1. The molecule has 2 aromatic rings. The summed E-state index contributed by atoms with van der Waals surface area (Å²) in [6, 6.07) is 10.1. The molecule has 0 aliphatic carbocycles. The van der Waals surface area contributed by atoms with Gasteiger partial charge in [0.1, 0.15) is 11.5 Å². The molecule has 31 heavy (non-hydrogen) atoms. The van der Waals surface area contributed by atoms with Crippen molar-refractivity contribution in [3.63, 3.8) is 0 Å². The number of carbonyl (C=O) groups is 1. The van der Waals surface area contributed by atoms with Gasteiger partial charge >= 0.3 is 0 Å². The number of sulfonamides is 1. The second-order valence-electron chi connectivity index (χ2n) is 7.52. The molecule has 1 saturated heterocycles. The van der Waals surface area contributed by atoms with Gasteiger partial charge in [-0.15, -0.1) is 0 Å². The highest BCUT2D eigenvalue weighted by molar-refractivity contribution is 7.89. The summed E-state index contributed by atoms with van der Waals surface area (Å²) in [4.78, 5) is 15.4. The molecule has 1 amide bonds. The number of nitrogens with zero attached hydrogens (tertiary/aromatic N) is 2. The molecule has 168 valence electrons. The van der Waals surface area contributed by atoms with Crippen molar-refractivity contribution >= 4 is 21.6 Å². The molecular weight excluding hydrogens is 418 g/mol. The monoisotopic (exact) mass is 447 g/mol.